The van der Waals surface area contributed by atoms with E-state index in [0.29, 0.717) is 19.7 Å². The van der Waals surface area contributed by atoms with E-state index in [1.807, 2.05) is 5.01 Å². The lowest BCUT2D eigenvalue weighted by Gasteiger charge is -2.36. The molecule has 2 aliphatic heterocycles. The Kier molecular flexibility index (Phi) is 5.16. The van der Waals surface area contributed by atoms with Gasteiger partial charge in [-0.25, -0.2) is 9.80 Å². The van der Waals surface area contributed by atoms with Crippen LogP contribution in [0.15, 0.2) is 0 Å². The van der Waals surface area contributed by atoms with Crippen LogP contribution in [0.2, 0.25) is 0 Å². The van der Waals surface area contributed by atoms with Gasteiger partial charge in [-0.15, -0.1) is 0 Å². The van der Waals surface area contributed by atoms with Gasteiger partial charge >= 0.3 is 12.0 Å². The molecule has 2 saturated heterocycles. The lowest BCUT2D eigenvalue weighted by molar-refractivity contribution is -0.141. The number of ether oxygens (including phenoxy) is 1. The van der Waals surface area contributed by atoms with Gasteiger partial charge < -0.3 is 19.6 Å². The molecular weight excluding hydrogens is 264 g/mol. The molecule has 0 aliphatic carbocycles. The summed E-state index contributed by atoms with van der Waals surface area (Å²) in [5, 5.41) is 10.7. The maximum Gasteiger partial charge on any atom is 0.332 e. The number of nitrogens with zero attached hydrogens (tertiary/aromatic N) is 3. The van der Waals surface area contributed by atoms with Gasteiger partial charge in [-0.3, -0.25) is 10.2 Å². The number of carboxylic acid groups (broad SMARTS) is 1. The molecule has 0 spiro atoms. The molecule has 0 saturated carbocycles. The number of carboxylic acids is 1. The van der Waals surface area contributed by atoms with Gasteiger partial charge in [0.15, 0.2) is 0 Å². The van der Waals surface area contributed by atoms with Crippen molar-refractivity contribution in [3.05, 3.63) is 0 Å². The number of likely N-dealkylation sites (N-methyl/N-ethyl adjacent to an activating group) is 1. The third-order valence-electron chi connectivity index (χ3n) is 3.59. The highest BCUT2D eigenvalue weighted by molar-refractivity contribution is 5.74. The van der Waals surface area contributed by atoms with Gasteiger partial charge in [0.05, 0.1) is 19.1 Å². The average molecular weight is 286 g/mol. The number of hydrogen-bond acceptors (Lipinski definition) is 5. The summed E-state index contributed by atoms with van der Waals surface area (Å²) < 4.78 is 5.35. The second-order valence-electron chi connectivity index (χ2n) is 5.24. The number of amides is 2. The highest BCUT2D eigenvalue weighted by atomic mass is 16.5. The van der Waals surface area contributed by atoms with E-state index in [1.165, 1.54) is 0 Å². The third kappa shape index (κ3) is 4.32. The predicted molar refractivity (Wildman–Crippen MR) is 71.2 cm³/mol. The molecule has 0 radical (unpaired) electrons. The van der Waals surface area contributed by atoms with Crippen LogP contribution >= 0.6 is 0 Å². The topological polar surface area (TPSA) is 85.4 Å². The Morgan fingerprint density at radius 1 is 1.25 bits per heavy atom. The van der Waals surface area contributed by atoms with Crippen LogP contribution < -0.4 is 5.43 Å². The summed E-state index contributed by atoms with van der Waals surface area (Å²) in [5.74, 6) is -0.906. The number of hydrazine groups is 1. The normalized spacial score (nSPS) is 25.4. The number of carbonyl (C=O) groups is 2. The summed E-state index contributed by atoms with van der Waals surface area (Å²) in [6.07, 6.45) is -0.488. The molecular formula is C12H22N4O4. The van der Waals surface area contributed by atoms with Crippen molar-refractivity contribution in [2.75, 3.05) is 52.9 Å². The molecule has 1 atom stereocenters. The van der Waals surface area contributed by atoms with Gasteiger partial charge in [-0.2, -0.15) is 0 Å². The Morgan fingerprint density at radius 3 is 2.60 bits per heavy atom. The Labute approximate surface area is 118 Å². The quantitative estimate of drug-likeness (QED) is 0.694. The standard InChI is InChI=1S/C12H22N4O4/c1-14-2-4-16(5-3-14)13-12(19)15-6-7-20-10(9-15)8-11(17)18/h10H,2-9H2,1H3,(H,13,19)(H,17,18). The lowest BCUT2D eigenvalue weighted by atomic mass is 10.2. The van der Waals surface area contributed by atoms with Crippen LogP contribution in [0.5, 0.6) is 0 Å². The minimum absolute atomic E-state index is 0.0711. The van der Waals surface area contributed by atoms with Crippen LogP contribution in [0.25, 0.3) is 0 Å². The molecule has 2 heterocycles. The van der Waals surface area contributed by atoms with Gasteiger partial charge in [0.2, 0.25) is 0 Å². The number of morpholine rings is 1. The van der Waals surface area contributed by atoms with E-state index in [4.69, 9.17) is 9.84 Å². The number of nitrogens with one attached hydrogen (secondary N) is 1. The maximum absolute atomic E-state index is 12.1. The van der Waals surface area contributed by atoms with Crippen molar-refractivity contribution < 1.29 is 19.4 Å². The molecule has 2 rings (SSSR count). The first-order chi connectivity index (χ1) is 9.54. The van der Waals surface area contributed by atoms with E-state index in [-0.39, 0.29) is 12.5 Å². The van der Waals surface area contributed by atoms with E-state index in [1.54, 1.807) is 4.90 Å². The Morgan fingerprint density at radius 2 is 1.95 bits per heavy atom. The fourth-order valence-corrected chi connectivity index (χ4v) is 2.35. The minimum Gasteiger partial charge on any atom is -0.481 e. The van der Waals surface area contributed by atoms with Crippen LogP contribution in [0.1, 0.15) is 6.42 Å². The van der Waals surface area contributed by atoms with Gasteiger partial charge in [0.25, 0.3) is 0 Å². The average Bonchev–Trinajstić information content (AvgIpc) is 2.41. The summed E-state index contributed by atoms with van der Waals surface area (Å²) in [6, 6.07) is -0.173. The molecule has 1 unspecified atom stereocenters. The Balaban J connectivity index is 1.78. The summed E-state index contributed by atoms with van der Waals surface area (Å²) in [6.45, 7) is 4.64. The first-order valence-corrected chi connectivity index (χ1v) is 6.87. The number of aliphatic carboxylic acids is 1. The minimum atomic E-state index is -0.906. The number of hydrogen-bond donors (Lipinski definition) is 2. The first-order valence-electron chi connectivity index (χ1n) is 6.87. The second-order valence-corrected chi connectivity index (χ2v) is 5.24. The van der Waals surface area contributed by atoms with Crippen LogP contribution in [0.4, 0.5) is 4.79 Å². The number of urea groups is 1. The Bertz CT molecular complexity index is 357. The Hall–Kier alpha value is -1.38. The van der Waals surface area contributed by atoms with E-state index >= 15 is 0 Å². The maximum atomic E-state index is 12.1. The van der Waals surface area contributed by atoms with E-state index in [9.17, 15) is 9.59 Å². The highest BCUT2D eigenvalue weighted by Crippen LogP contribution is 2.09. The SMILES string of the molecule is CN1CCN(NC(=O)N2CCOC(CC(=O)O)C2)CC1. The summed E-state index contributed by atoms with van der Waals surface area (Å²) in [4.78, 5) is 26.6. The van der Waals surface area contributed by atoms with Gasteiger partial charge in [0, 0.05) is 39.3 Å². The molecule has 8 nitrogen and oxygen atoms in total. The van der Waals surface area contributed by atoms with Crippen molar-refractivity contribution >= 4 is 12.0 Å². The predicted octanol–water partition coefficient (Wildman–Crippen LogP) is -0.966. The first kappa shape index (κ1) is 15.0. The van der Waals surface area contributed by atoms with Gasteiger partial charge in [0.1, 0.15) is 0 Å². The van der Waals surface area contributed by atoms with Crippen molar-refractivity contribution in [3.63, 3.8) is 0 Å². The van der Waals surface area contributed by atoms with Crippen LogP contribution in [-0.4, -0.2) is 90.9 Å². The van der Waals surface area contributed by atoms with Crippen LogP contribution in [-0.2, 0) is 9.53 Å². The molecule has 8 heteroatoms. The second kappa shape index (κ2) is 6.87. The lowest BCUT2D eigenvalue weighted by Crippen LogP contribution is -2.58. The van der Waals surface area contributed by atoms with E-state index in [0.717, 1.165) is 26.2 Å². The van der Waals surface area contributed by atoms with Crippen LogP contribution in [0, 0.1) is 0 Å². The molecule has 0 aromatic carbocycles. The summed E-state index contributed by atoms with van der Waals surface area (Å²) in [7, 11) is 2.05. The summed E-state index contributed by atoms with van der Waals surface area (Å²) >= 11 is 0. The van der Waals surface area contributed by atoms with Gasteiger partial charge in [-0.1, -0.05) is 0 Å². The molecule has 2 N–H and O–H groups in total. The number of piperazine rings is 1. The number of carbonyl (C=O) groups excluding carboxylic acids is 1. The smallest absolute Gasteiger partial charge is 0.332 e. The zero-order valence-electron chi connectivity index (χ0n) is 11.7. The monoisotopic (exact) mass is 286 g/mol. The molecule has 0 aromatic rings. The molecule has 114 valence electrons. The largest absolute Gasteiger partial charge is 0.481 e. The van der Waals surface area contributed by atoms with E-state index < -0.39 is 12.1 Å². The molecule has 20 heavy (non-hydrogen) atoms. The van der Waals surface area contributed by atoms with Crippen molar-refractivity contribution in [3.8, 4) is 0 Å². The molecule has 0 aromatic heterocycles. The highest BCUT2D eigenvalue weighted by Gasteiger charge is 2.27. The fourth-order valence-electron chi connectivity index (χ4n) is 2.35. The van der Waals surface area contributed by atoms with Crippen molar-refractivity contribution in [1.82, 2.24) is 20.2 Å². The van der Waals surface area contributed by atoms with Crippen molar-refractivity contribution in [1.29, 1.82) is 0 Å². The van der Waals surface area contributed by atoms with Crippen LogP contribution in [0.3, 0.4) is 0 Å². The zero-order valence-corrected chi connectivity index (χ0v) is 11.7. The molecule has 2 fully saturated rings. The third-order valence-corrected chi connectivity index (χ3v) is 3.59. The molecule has 0 bridgehead atoms. The van der Waals surface area contributed by atoms with Gasteiger partial charge in [-0.05, 0) is 7.05 Å². The molecule has 2 amide bonds. The fraction of sp³-hybridized carbons (Fsp3) is 0.833. The van der Waals surface area contributed by atoms with Crippen molar-refractivity contribution in [2.24, 2.45) is 0 Å². The van der Waals surface area contributed by atoms with E-state index in [2.05, 4.69) is 17.4 Å². The number of rotatable bonds is 3. The zero-order chi connectivity index (χ0) is 14.5. The summed E-state index contributed by atoms with van der Waals surface area (Å²) in [5.41, 5.74) is 2.87. The molecule has 2 aliphatic rings. The van der Waals surface area contributed by atoms with Crippen molar-refractivity contribution in [2.45, 2.75) is 12.5 Å².